The first-order chi connectivity index (χ1) is 9.71. The minimum absolute atomic E-state index is 0.0409. The number of nitrogens with zero attached hydrogens (tertiary/aromatic N) is 1. The van der Waals surface area contributed by atoms with E-state index in [0.29, 0.717) is 18.8 Å². The number of hydrogen-bond acceptors (Lipinski definition) is 2. The van der Waals surface area contributed by atoms with Crippen LogP contribution in [-0.2, 0) is 9.59 Å². The molecule has 0 spiro atoms. The van der Waals surface area contributed by atoms with Gasteiger partial charge in [0.15, 0.2) is 0 Å². The summed E-state index contributed by atoms with van der Waals surface area (Å²) >= 11 is 0. The van der Waals surface area contributed by atoms with Crippen LogP contribution in [0.1, 0.15) is 66.2 Å². The third-order valence-electron chi connectivity index (χ3n) is 5.62. The molecular weight excluding hydrogens is 266 g/mol. The predicted octanol–water partition coefficient (Wildman–Crippen LogP) is 3.30. The van der Waals surface area contributed by atoms with E-state index in [-0.39, 0.29) is 23.3 Å². The van der Waals surface area contributed by atoms with Gasteiger partial charge in [-0.05, 0) is 36.5 Å². The number of carbonyl (C=O) groups excluding carboxylic acids is 1. The molecule has 2 rings (SSSR count). The maximum absolute atomic E-state index is 12.7. The summed E-state index contributed by atoms with van der Waals surface area (Å²) in [6, 6.07) is -0.433. The molecule has 4 nitrogen and oxygen atoms in total. The number of carboxylic acid groups (broad SMARTS) is 1. The quantitative estimate of drug-likeness (QED) is 0.869. The fourth-order valence-corrected chi connectivity index (χ4v) is 3.71. The van der Waals surface area contributed by atoms with Crippen LogP contribution < -0.4 is 0 Å². The van der Waals surface area contributed by atoms with E-state index < -0.39 is 12.0 Å². The van der Waals surface area contributed by atoms with Gasteiger partial charge >= 0.3 is 5.97 Å². The SMILES string of the molecule is CC(CC(=O)N1C(C(=O)O)CC2CCCCC21)C(C)(C)C. The van der Waals surface area contributed by atoms with Crippen LogP contribution in [-0.4, -0.2) is 34.0 Å². The summed E-state index contributed by atoms with van der Waals surface area (Å²) in [7, 11) is 0. The third-order valence-corrected chi connectivity index (χ3v) is 5.62. The van der Waals surface area contributed by atoms with Crippen LogP contribution in [0.2, 0.25) is 0 Å². The zero-order valence-corrected chi connectivity index (χ0v) is 13.8. The second-order valence-corrected chi connectivity index (χ2v) is 7.97. The molecule has 0 bridgehead atoms. The van der Waals surface area contributed by atoms with E-state index in [1.165, 1.54) is 6.42 Å². The molecule has 0 aromatic carbocycles. The second kappa shape index (κ2) is 5.98. The van der Waals surface area contributed by atoms with Gasteiger partial charge in [-0.25, -0.2) is 4.79 Å². The third kappa shape index (κ3) is 3.41. The van der Waals surface area contributed by atoms with Crippen LogP contribution in [0.25, 0.3) is 0 Å². The molecule has 0 aromatic rings. The molecule has 1 aliphatic carbocycles. The molecule has 0 radical (unpaired) electrons. The van der Waals surface area contributed by atoms with Crippen molar-refractivity contribution in [1.82, 2.24) is 4.90 Å². The lowest BCUT2D eigenvalue weighted by Gasteiger charge is -2.35. The predicted molar refractivity (Wildman–Crippen MR) is 81.9 cm³/mol. The molecular formula is C17H29NO3. The normalized spacial score (nSPS) is 30.9. The molecule has 4 heteroatoms. The van der Waals surface area contributed by atoms with Crippen LogP contribution in [0, 0.1) is 17.3 Å². The Kier molecular flexibility index (Phi) is 4.64. The summed E-state index contributed by atoms with van der Waals surface area (Å²) in [6.07, 6.45) is 5.45. The van der Waals surface area contributed by atoms with E-state index in [4.69, 9.17) is 0 Å². The molecule has 1 saturated heterocycles. The molecule has 21 heavy (non-hydrogen) atoms. The Labute approximate surface area is 127 Å². The minimum atomic E-state index is -0.832. The molecule has 1 amide bonds. The smallest absolute Gasteiger partial charge is 0.326 e. The number of carbonyl (C=O) groups is 2. The first kappa shape index (κ1) is 16.3. The molecule has 1 N–H and O–H groups in total. The lowest BCUT2D eigenvalue weighted by atomic mass is 9.79. The van der Waals surface area contributed by atoms with Gasteiger partial charge in [0, 0.05) is 12.5 Å². The van der Waals surface area contributed by atoms with E-state index in [1.807, 2.05) is 0 Å². The van der Waals surface area contributed by atoms with Crippen molar-refractivity contribution in [2.45, 2.75) is 78.3 Å². The molecule has 1 saturated carbocycles. The highest BCUT2D eigenvalue weighted by molar-refractivity contribution is 5.85. The zero-order valence-electron chi connectivity index (χ0n) is 13.8. The Hall–Kier alpha value is -1.06. The monoisotopic (exact) mass is 295 g/mol. The Morgan fingerprint density at radius 3 is 2.43 bits per heavy atom. The first-order valence-electron chi connectivity index (χ1n) is 8.25. The Balaban J connectivity index is 2.13. The Bertz CT molecular complexity index is 413. The van der Waals surface area contributed by atoms with Gasteiger partial charge in [-0.1, -0.05) is 40.5 Å². The number of carboxylic acids is 1. The van der Waals surface area contributed by atoms with Gasteiger partial charge in [0.1, 0.15) is 6.04 Å². The molecule has 4 atom stereocenters. The summed E-state index contributed by atoms with van der Waals surface area (Å²) < 4.78 is 0. The molecule has 1 heterocycles. The molecule has 2 fully saturated rings. The average molecular weight is 295 g/mol. The summed E-state index contributed by atoms with van der Waals surface area (Å²) in [5.41, 5.74) is 0.0695. The first-order valence-corrected chi connectivity index (χ1v) is 8.25. The lowest BCUT2D eigenvalue weighted by molar-refractivity contribution is -0.150. The minimum Gasteiger partial charge on any atom is -0.480 e. The highest BCUT2D eigenvalue weighted by Gasteiger charge is 2.47. The molecule has 120 valence electrons. The van der Waals surface area contributed by atoms with Crippen LogP contribution in [0.15, 0.2) is 0 Å². The summed E-state index contributed by atoms with van der Waals surface area (Å²) in [5, 5.41) is 9.48. The van der Waals surface area contributed by atoms with E-state index in [9.17, 15) is 14.7 Å². The average Bonchev–Trinajstić information content (AvgIpc) is 2.76. The van der Waals surface area contributed by atoms with Gasteiger partial charge in [-0.2, -0.15) is 0 Å². The van der Waals surface area contributed by atoms with E-state index in [2.05, 4.69) is 27.7 Å². The van der Waals surface area contributed by atoms with Gasteiger partial charge in [-0.3, -0.25) is 4.79 Å². The summed E-state index contributed by atoms with van der Waals surface area (Å²) in [6.45, 7) is 8.48. The van der Waals surface area contributed by atoms with Crippen molar-refractivity contribution < 1.29 is 14.7 Å². The fourth-order valence-electron chi connectivity index (χ4n) is 3.71. The highest BCUT2D eigenvalue weighted by atomic mass is 16.4. The van der Waals surface area contributed by atoms with Gasteiger partial charge in [0.05, 0.1) is 0 Å². The van der Waals surface area contributed by atoms with Gasteiger partial charge in [0.2, 0.25) is 5.91 Å². The largest absolute Gasteiger partial charge is 0.480 e. The van der Waals surface area contributed by atoms with Crippen LogP contribution in [0.5, 0.6) is 0 Å². The van der Waals surface area contributed by atoms with E-state index in [0.717, 1.165) is 19.3 Å². The number of hydrogen-bond donors (Lipinski definition) is 1. The van der Waals surface area contributed by atoms with Crippen LogP contribution in [0.3, 0.4) is 0 Å². The van der Waals surface area contributed by atoms with E-state index >= 15 is 0 Å². The fraction of sp³-hybridized carbons (Fsp3) is 0.882. The molecule has 4 unspecified atom stereocenters. The van der Waals surface area contributed by atoms with Crippen molar-refractivity contribution >= 4 is 11.9 Å². The molecule has 1 aliphatic heterocycles. The van der Waals surface area contributed by atoms with Crippen molar-refractivity contribution in [3.05, 3.63) is 0 Å². The van der Waals surface area contributed by atoms with E-state index in [1.54, 1.807) is 4.90 Å². The maximum Gasteiger partial charge on any atom is 0.326 e. The van der Waals surface area contributed by atoms with Gasteiger partial charge < -0.3 is 10.0 Å². The molecule has 2 aliphatic rings. The Morgan fingerprint density at radius 1 is 1.24 bits per heavy atom. The van der Waals surface area contributed by atoms with Crippen LogP contribution in [0.4, 0.5) is 0 Å². The van der Waals surface area contributed by atoms with Crippen molar-refractivity contribution in [2.24, 2.45) is 17.3 Å². The van der Waals surface area contributed by atoms with Gasteiger partial charge in [0.25, 0.3) is 0 Å². The number of likely N-dealkylation sites (tertiary alicyclic amines) is 1. The topological polar surface area (TPSA) is 57.6 Å². The Morgan fingerprint density at radius 2 is 1.86 bits per heavy atom. The number of aliphatic carboxylic acids is 1. The number of amides is 1. The summed E-state index contributed by atoms with van der Waals surface area (Å²) in [5.74, 6) is -0.142. The molecule has 0 aromatic heterocycles. The number of fused-ring (bicyclic) bond motifs is 1. The van der Waals surface area contributed by atoms with Gasteiger partial charge in [-0.15, -0.1) is 0 Å². The standard InChI is InChI=1S/C17H29NO3/c1-11(17(2,3)4)9-15(19)18-13-8-6-5-7-12(13)10-14(18)16(20)21/h11-14H,5-10H2,1-4H3,(H,20,21). The maximum atomic E-state index is 12.7. The second-order valence-electron chi connectivity index (χ2n) is 7.97. The van der Waals surface area contributed by atoms with Crippen LogP contribution >= 0.6 is 0 Å². The zero-order chi connectivity index (χ0) is 15.8. The van der Waals surface area contributed by atoms with Crippen molar-refractivity contribution in [3.63, 3.8) is 0 Å². The van der Waals surface area contributed by atoms with Crippen molar-refractivity contribution in [2.75, 3.05) is 0 Å². The lowest BCUT2D eigenvalue weighted by Crippen LogP contribution is -2.47. The summed E-state index contributed by atoms with van der Waals surface area (Å²) in [4.78, 5) is 26.0. The number of rotatable bonds is 3. The highest BCUT2D eigenvalue weighted by Crippen LogP contribution is 2.41. The van der Waals surface area contributed by atoms with Crippen molar-refractivity contribution in [3.8, 4) is 0 Å². The van der Waals surface area contributed by atoms with Crippen molar-refractivity contribution in [1.29, 1.82) is 0 Å².